The van der Waals surface area contributed by atoms with Crippen LogP contribution in [0, 0.1) is 0 Å². The Hall–Kier alpha value is -4.03. The maximum atomic E-state index is 13.3. The van der Waals surface area contributed by atoms with Gasteiger partial charge < -0.3 is 24.6 Å². The molecule has 2 aromatic heterocycles. The van der Waals surface area contributed by atoms with Gasteiger partial charge >= 0.3 is 0 Å². The smallest absolute Gasteiger partial charge is 0.255 e. The van der Waals surface area contributed by atoms with Crippen molar-refractivity contribution in [2.75, 3.05) is 13.2 Å². The van der Waals surface area contributed by atoms with E-state index in [0.29, 0.717) is 30.1 Å². The van der Waals surface area contributed by atoms with Crippen molar-refractivity contribution in [3.63, 3.8) is 0 Å². The van der Waals surface area contributed by atoms with E-state index in [0.717, 1.165) is 33.0 Å². The number of hydrogen-bond acceptors (Lipinski definition) is 4. The molecule has 0 bridgehead atoms. The summed E-state index contributed by atoms with van der Waals surface area (Å²) in [5, 5.41) is 15.1. The van der Waals surface area contributed by atoms with Gasteiger partial charge in [0.1, 0.15) is 17.1 Å². The summed E-state index contributed by atoms with van der Waals surface area (Å²) in [6, 6.07) is 22.7. The molecule has 0 radical (unpaired) electrons. The molecule has 6 nitrogen and oxygen atoms in total. The number of amides is 1. The highest BCUT2D eigenvalue weighted by Crippen LogP contribution is 2.31. The number of carbonyl (C=O) groups is 1. The van der Waals surface area contributed by atoms with Gasteiger partial charge in [0.05, 0.1) is 24.8 Å². The molecular weight excluding hydrogens is 428 g/mol. The lowest BCUT2D eigenvalue weighted by molar-refractivity contribution is 0.0913. The molecule has 0 aliphatic rings. The molecular formula is C28H26N2O4. The van der Waals surface area contributed by atoms with Gasteiger partial charge in [-0.1, -0.05) is 36.4 Å². The lowest BCUT2D eigenvalue weighted by atomic mass is 10.0. The fraction of sp³-hybridized carbons (Fsp3) is 0.179. The van der Waals surface area contributed by atoms with E-state index in [1.807, 2.05) is 73.8 Å². The monoisotopic (exact) mass is 454 g/mol. The second kappa shape index (κ2) is 9.45. The summed E-state index contributed by atoms with van der Waals surface area (Å²) in [6.45, 7) is 2.13. The molecule has 1 amide bonds. The zero-order chi connectivity index (χ0) is 23.5. The molecule has 3 N–H and O–H groups in total. The third-order valence-electron chi connectivity index (χ3n) is 5.93. The molecule has 2 heterocycles. The lowest BCUT2D eigenvalue weighted by Gasteiger charge is -2.18. The van der Waals surface area contributed by atoms with Gasteiger partial charge in [-0.3, -0.25) is 4.79 Å². The van der Waals surface area contributed by atoms with Crippen molar-refractivity contribution in [3.05, 3.63) is 90.1 Å². The second-order valence-corrected chi connectivity index (χ2v) is 8.21. The Kier molecular flexibility index (Phi) is 6.06. The summed E-state index contributed by atoms with van der Waals surface area (Å²) in [6.07, 6.45) is 2.42. The van der Waals surface area contributed by atoms with Crippen LogP contribution in [0.2, 0.25) is 0 Å². The van der Waals surface area contributed by atoms with Crippen LogP contribution in [0.25, 0.3) is 33.2 Å². The van der Waals surface area contributed by atoms with Crippen LogP contribution in [0.1, 0.15) is 22.8 Å². The highest BCUT2D eigenvalue weighted by Gasteiger charge is 2.20. The molecule has 5 rings (SSSR count). The molecule has 34 heavy (non-hydrogen) atoms. The standard InChI is InChI=1S/C28H26N2O4/c1-2-33-26-12-11-19(27-15-18-7-3-6-10-25(18)34-27)14-23(26)28(32)30-21(17-31)13-20-16-29-24-9-5-4-8-22(20)24/h3-12,14-16,21,29,31H,2,13,17H2,1H3,(H,30,32). The van der Waals surface area contributed by atoms with Gasteiger partial charge in [-0.2, -0.15) is 0 Å². The van der Waals surface area contributed by atoms with Crippen LogP contribution in [0.4, 0.5) is 0 Å². The van der Waals surface area contributed by atoms with Crippen LogP contribution >= 0.6 is 0 Å². The molecule has 172 valence electrons. The van der Waals surface area contributed by atoms with Gasteiger partial charge in [0.25, 0.3) is 5.91 Å². The number of H-pyrrole nitrogens is 1. The van der Waals surface area contributed by atoms with E-state index in [2.05, 4.69) is 10.3 Å². The van der Waals surface area contributed by atoms with Crippen LogP contribution in [-0.2, 0) is 6.42 Å². The summed E-state index contributed by atoms with van der Waals surface area (Å²) in [5.74, 6) is 0.861. The highest BCUT2D eigenvalue weighted by atomic mass is 16.5. The number of aliphatic hydroxyl groups excluding tert-OH is 1. The third kappa shape index (κ3) is 4.28. The zero-order valence-corrected chi connectivity index (χ0v) is 18.9. The first kappa shape index (κ1) is 21.8. The molecule has 1 unspecified atom stereocenters. The maximum absolute atomic E-state index is 13.3. The molecule has 0 aliphatic heterocycles. The molecule has 6 heteroatoms. The molecule has 0 fully saturated rings. The first-order valence-electron chi connectivity index (χ1n) is 11.4. The van der Waals surface area contributed by atoms with Gasteiger partial charge in [-0.25, -0.2) is 0 Å². The fourth-order valence-corrected chi connectivity index (χ4v) is 4.26. The lowest BCUT2D eigenvalue weighted by Crippen LogP contribution is -2.39. The van der Waals surface area contributed by atoms with Gasteiger partial charge in [0, 0.05) is 28.0 Å². The number of carbonyl (C=O) groups excluding carboxylic acids is 1. The predicted octanol–water partition coefficient (Wildman–Crippen LogP) is 5.31. The highest BCUT2D eigenvalue weighted by molar-refractivity contribution is 5.98. The third-order valence-corrected chi connectivity index (χ3v) is 5.93. The number of aromatic nitrogens is 1. The number of fused-ring (bicyclic) bond motifs is 2. The van der Waals surface area contributed by atoms with E-state index in [-0.39, 0.29) is 12.5 Å². The van der Waals surface area contributed by atoms with Crippen molar-refractivity contribution in [1.82, 2.24) is 10.3 Å². The molecule has 1 atom stereocenters. The first-order valence-corrected chi connectivity index (χ1v) is 11.4. The van der Waals surface area contributed by atoms with E-state index in [1.165, 1.54) is 0 Å². The Bertz CT molecular complexity index is 1420. The Morgan fingerprint density at radius 2 is 1.91 bits per heavy atom. The Labute approximate surface area is 197 Å². The van der Waals surface area contributed by atoms with E-state index in [4.69, 9.17) is 9.15 Å². The van der Waals surface area contributed by atoms with Crippen molar-refractivity contribution in [2.24, 2.45) is 0 Å². The maximum Gasteiger partial charge on any atom is 0.255 e. The minimum Gasteiger partial charge on any atom is -0.493 e. The summed E-state index contributed by atoms with van der Waals surface area (Å²) >= 11 is 0. The Morgan fingerprint density at radius 3 is 2.74 bits per heavy atom. The van der Waals surface area contributed by atoms with Crippen molar-refractivity contribution in [3.8, 4) is 17.1 Å². The number of nitrogens with one attached hydrogen (secondary N) is 2. The van der Waals surface area contributed by atoms with Crippen LogP contribution in [0.3, 0.4) is 0 Å². The summed E-state index contributed by atoms with van der Waals surface area (Å²) in [5.41, 5.74) is 4.03. The Morgan fingerprint density at radius 1 is 1.09 bits per heavy atom. The second-order valence-electron chi connectivity index (χ2n) is 8.21. The molecule has 3 aromatic carbocycles. The van der Waals surface area contributed by atoms with Crippen molar-refractivity contribution in [1.29, 1.82) is 0 Å². The average molecular weight is 455 g/mol. The van der Waals surface area contributed by atoms with Crippen molar-refractivity contribution in [2.45, 2.75) is 19.4 Å². The van der Waals surface area contributed by atoms with Crippen molar-refractivity contribution >= 4 is 27.8 Å². The van der Waals surface area contributed by atoms with Crippen molar-refractivity contribution < 1.29 is 19.1 Å². The normalized spacial score (nSPS) is 12.2. The number of furan rings is 1. The summed E-state index contributed by atoms with van der Waals surface area (Å²) in [7, 11) is 0. The number of aliphatic hydroxyl groups is 1. The van der Waals surface area contributed by atoms with E-state index in [1.54, 1.807) is 12.1 Å². The molecule has 0 saturated heterocycles. The quantitative estimate of drug-likeness (QED) is 0.296. The fourth-order valence-electron chi connectivity index (χ4n) is 4.26. The summed E-state index contributed by atoms with van der Waals surface area (Å²) < 4.78 is 11.7. The molecule has 0 spiro atoms. The van der Waals surface area contributed by atoms with Gasteiger partial charge in [-0.05, 0) is 55.3 Å². The van der Waals surface area contributed by atoms with Gasteiger partial charge in [0.2, 0.25) is 0 Å². The van der Waals surface area contributed by atoms with E-state index in [9.17, 15) is 9.90 Å². The van der Waals surface area contributed by atoms with Crippen LogP contribution in [0.5, 0.6) is 5.75 Å². The first-order chi connectivity index (χ1) is 16.7. The number of hydrogen-bond donors (Lipinski definition) is 3. The minimum absolute atomic E-state index is 0.182. The number of aromatic amines is 1. The van der Waals surface area contributed by atoms with Gasteiger partial charge in [-0.15, -0.1) is 0 Å². The number of ether oxygens (including phenoxy) is 1. The molecule has 5 aromatic rings. The summed E-state index contributed by atoms with van der Waals surface area (Å²) in [4.78, 5) is 16.6. The number of benzene rings is 3. The van der Waals surface area contributed by atoms with Gasteiger partial charge in [0.15, 0.2) is 0 Å². The number of rotatable bonds is 8. The van der Waals surface area contributed by atoms with E-state index >= 15 is 0 Å². The predicted molar refractivity (Wildman–Crippen MR) is 133 cm³/mol. The zero-order valence-electron chi connectivity index (χ0n) is 18.9. The van der Waals surface area contributed by atoms with E-state index < -0.39 is 6.04 Å². The van der Waals surface area contributed by atoms with Crippen LogP contribution in [-0.4, -0.2) is 35.3 Å². The topological polar surface area (TPSA) is 87.5 Å². The van der Waals surface area contributed by atoms with Crippen LogP contribution in [0.15, 0.2) is 83.4 Å². The number of para-hydroxylation sites is 2. The minimum atomic E-state index is -0.448. The SMILES string of the molecule is CCOc1ccc(-c2cc3ccccc3o2)cc1C(=O)NC(CO)Cc1c[nH]c2ccccc12. The molecule has 0 aliphatic carbocycles. The molecule has 0 saturated carbocycles. The Balaban J connectivity index is 1.42. The largest absolute Gasteiger partial charge is 0.493 e. The average Bonchev–Trinajstić information content (AvgIpc) is 3.48. The van der Waals surface area contributed by atoms with Crippen LogP contribution < -0.4 is 10.1 Å².